The molecule has 4 unspecified atom stereocenters. The number of benzene rings is 2. The number of nitrogens with two attached hydrogens (primary N) is 1. The minimum absolute atomic E-state index is 0.0129. The summed E-state index contributed by atoms with van der Waals surface area (Å²) < 4.78 is 0. The topological polar surface area (TPSA) is 203 Å². The molecule has 1 aliphatic heterocycles. The Morgan fingerprint density at radius 3 is 1.92 bits per heavy atom. The standard InChI is InChI=1S/C26H32N4O8/c27-19(14-31)25(36)30-11-1-2-22(30)24(35)28-20(12-15-3-7-17(32)8-4-15)23(34)29-21(26(37)38)13-16-5-9-18(33)10-6-16/h3-10,19-22,31-33H,1-2,11-14,27H2,(H,28,35)(H,29,34)(H,37,38). The average Bonchev–Trinajstić information content (AvgIpc) is 3.39. The van der Waals surface area contributed by atoms with Crippen LogP contribution in [0.3, 0.4) is 0 Å². The van der Waals surface area contributed by atoms with Crippen molar-refractivity contribution >= 4 is 23.7 Å². The number of aromatic hydroxyl groups is 2. The van der Waals surface area contributed by atoms with Gasteiger partial charge >= 0.3 is 5.97 Å². The summed E-state index contributed by atoms with van der Waals surface area (Å²) in [6.07, 6.45) is 0.789. The molecule has 12 nitrogen and oxygen atoms in total. The average molecular weight is 529 g/mol. The summed E-state index contributed by atoms with van der Waals surface area (Å²) in [5.41, 5.74) is 6.81. The van der Waals surface area contributed by atoms with Crippen molar-refractivity contribution in [1.29, 1.82) is 0 Å². The van der Waals surface area contributed by atoms with Crippen LogP contribution in [0.2, 0.25) is 0 Å². The van der Waals surface area contributed by atoms with E-state index in [1.807, 2.05) is 0 Å². The Bertz CT molecular complexity index is 1140. The van der Waals surface area contributed by atoms with E-state index in [1.54, 1.807) is 12.1 Å². The van der Waals surface area contributed by atoms with Gasteiger partial charge in [0.25, 0.3) is 0 Å². The van der Waals surface area contributed by atoms with E-state index >= 15 is 0 Å². The van der Waals surface area contributed by atoms with Crippen LogP contribution in [-0.2, 0) is 32.0 Å². The van der Waals surface area contributed by atoms with Gasteiger partial charge in [-0.15, -0.1) is 0 Å². The lowest BCUT2D eigenvalue weighted by atomic mass is 10.0. The molecule has 0 aromatic heterocycles. The third kappa shape index (κ3) is 7.43. The molecule has 0 aliphatic carbocycles. The van der Waals surface area contributed by atoms with Gasteiger partial charge in [-0.25, -0.2) is 4.79 Å². The molecule has 8 N–H and O–H groups in total. The summed E-state index contributed by atoms with van der Waals surface area (Å²) in [4.78, 5) is 52.2. The van der Waals surface area contributed by atoms with Crippen LogP contribution < -0.4 is 16.4 Å². The number of amides is 3. The first kappa shape index (κ1) is 28.4. The highest BCUT2D eigenvalue weighted by molar-refractivity contribution is 5.94. The first-order chi connectivity index (χ1) is 18.1. The van der Waals surface area contributed by atoms with Gasteiger partial charge in [-0.1, -0.05) is 24.3 Å². The Labute approximate surface area is 219 Å². The van der Waals surface area contributed by atoms with Crippen LogP contribution in [-0.4, -0.2) is 86.3 Å². The maximum atomic E-state index is 13.3. The highest BCUT2D eigenvalue weighted by atomic mass is 16.4. The number of rotatable bonds is 11. The van der Waals surface area contributed by atoms with Crippen LogP contribution in [0.4, 0.5) is 0 Å². The van der Waals surface area contributed by atoms with Crippen molar-refractivity contribution < 1.29 is 39.6 Å². The van der Waals surface area contributed by atoms with E-state index in [2.05, 4.69) is 10.6 Å². The maximum Gasteiger partial charge on any atom is 0.326 e. The highest BCUT2D eigenvalue weighted by Gasteiger charge is 2.38. The summed E-state index contributed by atoms with van der Waals surface area (Å²) in [5, 5.41) is 43.1. The Balaban J connectivity index is 1.79. The van der Waals surface area contributed by atoms with E-state index in [4.69, 9.17) is 5.73 Å². The molecule has 3 amide bonds. The van der Waals surface area contributed by atoms with Gasteiger partial charge < -0.3 is 41.7 Å². The van der Waals surface area contributed by atoms with Crippen LogP contribution in [0.5, 0.6) is 11.5 Å². The van der Waals surface area contributed by atoms with E-state index in [0.29, 0.717) is 24.0 Å². The summed E-state index contributed by atoms with van der Waals surface area (Å²) in [7, 11) is 0. The first-order valence-electron chi connectivity index (χ1n) is 12.1. The Morgan fingerprint density at radius 1 is 0.895 bits per heavy atom. The molecular formula is C26H32N4O8. The number of likely N-dealkylation sites (tertiary alicyclic amines) is 1. The van der Waals surface area contributed by atoms with Crippen molar-refractivity contribution in [2.24, 2.45) is 5.73 Å². The lowest BCUT2D eigenvalue weighted by molar-refractivity contribution is -0.143. The van der Waals surface area contributed by atoms with Gasteiger partial charge in [0.1, 0.15) is 35.7 Å². The molecule has 0 saturated carbocycles. The van der Waals surface area contributed by atoms with Crippen LogP contribution in [0.25, 0.3) is 0 Å². The Kier molecular flexibility index (Phi) is 9.63. The molecule has 2 aromatic carbocycles. The smallest absolute Gasteiger partial charge is 0.326 e. The Hall–Kier alpha value is -4.16. The molecule has 1 saturated heterocycles. The van der Waals surface area contributed by atoms with Crippen molar-refractivity contribution in [1.82, 2.24) is 15.5 Å². The van der Waals surface area contributed by atoms with Crippen molar-refractivity contribution in [3.8, 4) is 11.5 Å². The van der Waals surface area contributed by atoms with Gasteiger partial charge in [0.05, 0.1) is 6.61 Å². The van der Waals surface area contributed by atoms with Crippen LogP contribution in [0, 0.1) is 0 Å². The molecule has 1 aliphatic rings. The number of aliphatic hydroxyl groups excluding tert-OH is 1. The quantitative estimate of drug-likeness (QED) is 0.196. The maximum absolute atomic E-state index is 13.3. The number of carbonyl (C=O) groups is 4. The molecule has 0 radical (unpaired) electrons. The second-order valence-electron chi connectivity index (χ2n) is 9.18. The molecular weight excluding hydrogens is 496 g/mol. The van der Waals surface area contributed by atoms with Gasteiger partial charge in [0, 0.05) is 19.4 Å². The number of phenolic OH excluding ortho intramolecular Hbond substituents is 2. The van der Waals surface area contributed by atoms with Crippen molar-refractivity contribution in [3.63, 3.8) is 0 Å². The number of carboxylic acid groups (broad SMARTS) is 1. The molecule has 0 bridgehead atoms. The summed E-state index contributed by atoms with van der Waals surface area (Å²) >= 11 is 0. The first-order valence-corrected chi connectivity index (χ1v) is 12.1. The molecule has 12 heteroatoms. The largest absolute Gasteiger partial charge is 0.508 e. The second kappa shape index (κ2) is 12.9. The number of aliphatic hydroxyl groups is 1. The number of carboxylic acids is 1. The molecule has 38 heavy (non-hydrogen) atoms. The van der Waals surface area contributed by atoms with E-state index in [0.717, 1.165) is 0 Å². The summed E-state index contributed by atoms with van der Waals surface area (Å²) in [5.74, 6) is -3.19. The monoisotopic (exact) mass is 528 g/mol. The van der Waals surface area contributed by atoms with Crippen LogP contribution in [0.15, 0.2) is 48.5 Å². The number of hydrogen-bond acceptors (Lipinski definition) is 8. The Morgan fingerprint density at radius 2 is 1.42 bits per heavy atom. The number of nitrogens with zero attached hydrogens (tertiary/aromatic N) is 1. The number of carbonyl (C=O) groups excluding carboxylic acids is 3. The number of aliphatic carboxylic acids is 1. The normalized spacial score (nSPS) is 17.3. The van der Waals surface area contributed by atoms with E-state index < -0.39 is 54.5 Å². The minimum Gasteiger partial charge on any atom is -0.508 e. The molecule has 3 rings (SSSR count). The molecule has 4 atom stereocenters. The zero-order valence-corrected chi connectivity index (χ0v) is 20.6. The summed E-state index contributed by atoms with van der Waals surface area (Å²) in [6, 6.07) is 7.27. The number of phenols is 2. The fourth-order valence-electron chi connectivity index (χ4n) is 4.28. The lowest BCUT2D eigenvalue weighted by Crippen LogP contribution is -2.57. The zero-order chi connectivity index (χ0) is 27.8. The minimum atomic E-state index is -1.32. The van der Waals surface area contributed by atoms with E-state index in [9.17, 15) is 39.6 Å². The fraction of sp³-hybridized carbons (Fsp3) is 0.385. The molecule has 1 heterocycles. The molecule has 1 fully saturated rings. The molecule has 2 aromatic rings. The van der Waals surface area contributed by atoms with Gasteiger partial charge in [-0.3, -0.25) is 14.4 Å². The third-order valence-electron chi connectivity index (χ3n) is 6.35. The predicted molar refractivity (Wildman–Crippen MR) is 135 cm³/mol. The van der Waals surface area contributed by atoms with Crippen molar-refractivity contribution in [3.05, 3.63) is 59.7 Å². The number of nitrogens with one attached hydrogen (secondary N) is 2. The fourth-order valence-corrected chi connectivity index (χ4v) is 4.28. The predicted octanol–water partition coefficient (Wildman–Crippen LogP) is -0.752. The van der Waals surface area contributed by atoms with Crippen LogP contribution >= 0.6 is 0 Å². The van der Waals surface area contributed by atoms with E-state index in [-0.39, 0.29) is 30.9 Å². The molecule has 0 spiro atoms. The van der Waals surface area contributed by atoms with Gasteiger partial charge in [0.15, 0.2) is 0 Å². The highest BCUT2D eigenvalue weighted by Crippen LogP contribution is 2.19. The lowest BCUT2D eigenvalue weighted by Gasteiger charge is -2.28. The van der Waals surface area contributed by atoms with E-state index in [1.165, 1.54) is 41.3 Å². The van der Waals surface area contributed by atoms with Crippen molar-refractivity contribution in [2.45, 2.75) is 49.9 Å². The second-order valence-corrected chi connectivity index (χ2v) is 9.18. The third-order valence-corrected chi connectivity index (χ3v) is 6.35. The van der Waals surface area contributed by atoms with Gasteiger partial charge in [-0.05, 0) is 48.2 Å². The summed E-state index contributed by atoms with van der Waals surface area (Å²) in [6.45, 7) is -0.305. The van der Waals surface area contributed by atoms with Crippen LogP contribution in [0.1, 0.15) is 24.0 Å². The van der Waals surface area contributed by atoms with Gasteiger partial charge in [-0.2, -0.15) is 0 Å². The zero-order valence-electron chi connectivity index (χ0n) is 20.6. The molecule has 204 valence electrons. The number of hydrogen-bond donors (Lipinski definition) is 7. The van der Waals surface area contributed by atoms with Crippen molar-refractivity contribution in [2.75, 3.05) is 13.2 Å². The SMILES string of the molecule is NC(CO)C(=O)N1CCCC1C(=O)NC(Cc1ccc(O)cc1)C(=O)NC(Cc1ccc(O)cc1)C(=O)O. The van der Waals surface area contributed by atoms with Gasteiger partial charge in [0.2, 0.25) is 17.7 Å².